The van der Waals surface area contributed by atoms with Crippen LogP contribution in [0.15, 0.2) is 0 Å². The van der Waals surface area contributed by atoms with E-state index in [1.165, 1.54) is 0 Å². The van der Waals surface area contributed by atoms with Crippen LogP contribution >= 0.6 is 0 Å². The molecule has 4 unspecified atom stereocenters. The topological polar surface area (TPSA) is 52.6 Å². The molecule has 2 rings (SSSR count). The van der Waals surface area contributed by atoms with Crippen LogP contribution < -0.4 is 0 Å². The van der Waals surface area contributed by atoms with E-state index in [9.17, 15) is 9.59 Å². The lowest BCUT2D eigenvalue weighted by Crippen LogP contribution is -2.23. The Bertz CT molecular complexity index is 221. The van der Waals surface area contributed by atoms with Crippen molar-refractivity contribution in [2.45, 2.75) is 26.1 Å². The number of hydrogen-bond donors (Lipinski definition) is 0. The first-order chi connectivity index (χ1) is 5.61. The SMILES string of the molecule is CC1C(=O)OC2C(C)C(=O)OC12. The van der Waals surface area contributed by atoms with Crippen LogP contribution in [0.25, 0.3) is 0 Å². The van der Waals surface area contributed by atoms with E-state index in [2.05, 4.69) is 0 Å². The first-order valence-electron chi connectivity index (χ1n) is 4.02. The fraction of sp³-hybridized carbons (Fsp3) is 0.750. The van der Waals surface area contributed by atoms with E-state index < -0.39 is 0 Å². The van der Waals surface area contributed by atoms with Crippen LogP contribution in [0.2, 0.25) is 0 Å². The van der Waals surface area contributed by atoms with E-state index in [4.69, 9.17) is 9.47 Å². The Morgan fingerprint density at radius 3 is 1.58 bits per heavy atom. The van der Waals surface area contributed by atoms with Crippen molar-refractivity contribution in [3.8, 4) is 0 Å². The van der Waals surface area contributed by atoms with Crippen molar-refractivity contribution in [3.05, 3.63) is 0 Å². The van der Waals surface area contributed by atoms with Gasteiger partial charge in [-0.1, -0.05) is 0 Å². The van der Waals surface area contributed by atoms with Gasteiger partial charge in [0.15, 0.2) is 12.2 Å². The maximum Gasteiger partial charge on any atom is 0.313 e. The molecule has 2 saturated heterocycles. The summed E-state index contributed by atoms with van der Waals surface area (Å²) in [5, 5.41) is 0. The summed E-state index contributed by atoms with van der Waals surface area (Å²) >= 11 is 0. The molecule has 4 atom stereocenters. The number of carbonyl (C=O) groups excluding carboxylic acids is 2. The predicted octanol–water partition coefficient (Wildman–Crippen LogP) is 0.109. The van der Waals surface area contributed by atoms with E-state index >= 15 is 0 Å². The summed E-state index contributed by atoms with van der Waals surface area (Å²) in [7, 11) is 0. The number of ether oxygens (including phenoxy) is 2. The first kappa shape index (κ1) is 7.58. The zero-order valence-corrected chi connectivity index (χ0v) is 6.94. The third-order valence-corrected chi connectivity index (χ3v) is 2.56. The lowest BCUT2D eigenvalue weighted by atomic mass is 9.98. The molecule has 12 heavy (non-hydrogen) atoms. The van der Waals surface area contributed by atoms with E-state index in [1.807, 2.05) is 0 Å². The highest BCUT2D eigenvalue weighted by Gasteiger charge is 2.54. The Kier molecular flexibility index (Phi) is 1.40. The summed E-state index contributed by atoms with van der Waals surface area (Å²) in [4.78, 5) is 22.1. The van der Waals surface area contributed by atoms with Crippen LogP contribution in [0.3, 0.4) is 0 Å². The molecule has 0 bridgehead atoms. The van der Waals surface area contributed by atoms with E-state index in [0.29, 0.717) is 0 Å². The summed E-state index contributed by atoms with van der Waals surface area (Å²) in [6.07, 6.45) is -0.694. The lowest BCUT2D eigenvalue weighted by Gasteiger charge is -2.07. The molecule has 0 saturated carbocycles. The standard InChI is InChI=1S/C8H10O4/c1-3-5-6(12-7(3)9)4(2)8(10)11-5/h3-6H,1-2H3. The molecule has 0 N–H and O–H groups in total. The first-order valence-corrected chi connectivity index (χ1v) is 4.02. The second-order valence-corrected chi connectivity index (χ2v) is 3.38. The van der Waals surface area contributed by atoms with E-state index in [1.54, 1.807) is 13.8 Å². The molecule has 4 nitrogen and oxygen atoms in total. The molecule has 0 aliphatic carbocycles. The fourth-order valence-electron chi connectivity index (χ4n) is 1.66. The quantitative estimate of drug-likeness (QED) is 0.484. The van der Waals surface area contributed by atoms with Crippen molar-refractivity contribution in [1.82, 2.24) is 0 Å². The van der Waals surface area contributed by atoms with Gasteiger partial charge in [-0.05, 0) is 13.8 Å². The highest BCUT2D eigenvalue weighted by Crippen LogP contribution is 2.35. The van der Waals surface area contributed by atoms with Gasteiger partial charge in [-0.25, -0.2) is 0 Å². The van der Waals surface area contributed by atoms with Crippen LogP contribution in [0.5, 0.6) is 0 Å². The van der Waals surface area contributed by atoms with Gasteiger partial charge < -0.3 is 9.47 Å². The van der Waals surface area contributed by atoms with Crippen LogP contribution in [0, 0.1) is 11.8 Å². The Morgan fingerprint density at radius 2 is 1.25 bits per heavy atom. The minimum absolute atomic E-state index is 0.260. The van der Waals surface area contributed by atoms with Gasteiger partial charge in [0, 0.05) is 0 Å². The molecule has 4 heteroatoms. The Morgan fingerprint density at radius 1 is 0.917 bits per heavy atom. The van der Waals surface area contributed by atoms with Crippen LogP contribution in [-0.4, -0.2) is 24.1 Å². The van der Waals surface area contributed by atoms with Gasteiger partial charge in [-0.2, -0.15) is 0 Å². The zero-order chi connectivity index (χ0) is 8.88. The van der Waals surface area contributed by atoms with E-state index in [-0.39, 0.29) is 36.0 Å². The van der Waals surface area contributed by atoms with Gasteiger partial charge in [0.2, 0.25) is 0 Å². The molecule has 0 aromatic heterocycles. The van der Waals surface area contributed by atoms with Crippen LogP contribution in [0.1, 0.15) is 13.8 Å². The molecule has 2 fully saturated rings. The van der Waals surface area contributed by atoms with Gasteiger partial charge in [0.05, 0.1) is 11.8 Å². The van der Waals surface area contributed by atoms with Gasteiger partial charge >= 0.3 is 11.9 Å². The fourth-order valence-corrected chi connectivity index (χ4v) is 1.66. The maximum absolute atomic E-state index is 11.0. The van der Waals surface area contributed by atoms with Gasteiger partial charge in [0.25, 0.3) is 0 Å². The molecule has 0 aromatic carbocycles. The van der Waals surface area contributed by atoms with Crippen molar-refractivity contribution in [3.63, 3.8) is 0 Å². The van der Waals surface area contributed by atoms with Gasteiger partial charge in [-0.15, -0.1) is 0 Å². The molecule has 0 aromatic rings. The molecular weight excluding hydrogens is 160 g/mol. The second-order valence-electron chi connectivity index (χ2n) is 3.38. The molecule has 0 radical (unpaired) electrons. The summed E-state index contributed by atoms with van der Waals surface area (Å²) in [5.41, 5.74) is 0. The predicted molar refractivity (Wildman–Crippen MR) is 38.1 cm³/mol. The van der Waals surface area contributed by atoms with Crippen molar-refractivity contribution in [2.24, 2.45) is 11.8 Å². The molecule has 2 aliphatic rings. The highest BCUT2D eigenvalue weighted by atomic mass is 16.6. The summed E-state index contributed by atoms with van der Waals surface area (Å²) in [6, 6.07) is 0. The van der Waals surface area contributed by atoms with Crippen molar-refractivity contribution in [2.75, 3.05) is 0 Å². The summed E-state index contributed by atoms with van der Waals surface area (Å²) in [6.45, 7) is 3.44. The monoisotopic (exact) mass is 170 g/mol. The number of hydrogen-bond acceptors (Lipinski definition) is 4. The number of esters is 2. The van der Waals surface area contributed by atoms with Crippen LogP contribution in [-0.2, 0) is 19.1 Å². The zero-order valence-electron chi connectivity index (χ0n) is 6.94. The lowest BCUT2D eigenvalue weighted by molar-refractivity contribution is -0.150. The average molecular weight is 170 g/mol. The largest absolute Gasteiger partial charge is 0.457 e. The Balaban J connectivity index is 2.24. The van der Waals surface area contributed by atoms with Crippen molar-refractivity contribution >= 4 is 11.9 Å². The van der Waals surface area contributed by atoms with Crippen LogP contribution in [0.4, 0.5) is 0 Å². The third-order valence-electron chi connectivity index (χ3n) is 2.56. The summed E-state index contributed by atoms with van der Waals surface area (Å²) in [5.74, 6) is -1.12. The van der Waals surface area contributed by atoms with Crippen molar-refractivity contribution in [1.29, 1.82) is 0 Å². The smallest absolute Gasteiger partial charge is 0.313 e. The minimum Gasteiger partial charge on any atom is -0.457 e. The number of rotatable bonds is 0. The average Bonchev–Trinajstić information content (AvgIpc) is 2.43. The van der Waals surface area contributed by atoms with Crippen molar-refractivity contribution < 1.29 is 19.1 Å². The molecule has 0 spiro atoms. The summed E-state index contributed by atoms with van der Waals surface area (Å²) < 4.78 is 9.99. The molecule has 2 heterocycles. The molecule has 2 aliphatic heterocycles. The molecule has 0 amide bonds. The number of fused-ring (bicyclic) bond motifs is 1. The maximum atomic E-state index is 11.0. The molecular formula is C8H10O4. The second kappa shape index (κ2) is 2.21. The third kappa shape index (κ3) is 0.777. The highest BCUT2D eigenvalue weighted by molar-refractivity contribution is 5.82. The molecule has 66 valence electrons. The Hall–Kier alpha value is -1.06. The normalized spacial score (nSPS) is 45.5. The van der Waals surface area contributed by atoms with Gasteiger partial charge in [-0.3, -0.25) is 9.59 Å². The Labute approximate surface area is 69.8 Å². The van der Waals surface area contributed by atoms with E-state index in [0.717, 1.165) is 0 Å². The number of carbonyl (C=O) groups is 2. The minimum atomic E-state index is -0.347. The van der Waals surface area contributed by atoms with Gasteiger partial charge in [0.1, 0.15) is 0 Å².